The molecule has 1 aromatic heterocycles. The highest BCUT2D eigenvalue weighted by atomic mass is 32.2. The van der Waals surface area contributed by atoms with Gasteiger partial charge < -0.3 is 10.2 Å². The van der Waals surface area contributed by atoms with E-state index in [1.807, 2.05) is 31.2 Å². The van der Waals surface area contributed by atoms with Gasteiger partial charge in [-0.2, -0.15) is 0 Å². The number of benzene rings is 1. The minimum Gasteiger partial charge on any atom is -0.312 e. The minimum atomic E-state index is -0.377. The van der Waals surface area contributed by atoms with Crippen LogP contribution in [0, 0.1) is 12.8 Å². The number of aryl methyl sites for hydroxylation is 1. The van der Waals surface area contributed by atoms with Gasteiger partial charge in [0.05, 0.1) is 5.92 Å². The van der Waals surface area contributed by atoms with Crippen molar-refractivity contribution in [2.75, 3.05) is 16.8 Å². The molecule has 8 heteroatoms. The highest BCUT2D eigenvalue weighted by Gasteiger charge is 2.35. The van der Waals surface area contributed by atoms with Crippen molar-refractivity contribution in [1.82, 2.24) is 10.2 Å². The predicted molar refractivity (Wildman–Crippen MR) is 106 cm³/mol. The SMILES string of the molecule is CC[C@H](C)Sc1nnc(NC(=O)[C@H]2CC(=O)N(c3cccc(C)c3)C2)s1. The molecule has 3 rings (SSSR count). The zero-order valence-electron chi connectivity index (χ0n) is 15.1. The molecule has 138 valence electrons. The molecule has 1 aliphatic heterocycles. The highest BCUT2D eigenvalue weighted by Crippen LogP contribution is 2.31. The van der Waals surface area contributed by atoms with Crippen LogP contribution in [0.25, 0.3) is 0 Å². The third-order valence-corrected chi connectivity index (χ3v) is 6.51. The molecule has 1 fully saturated rings. The first-order chi connectivity index (χ1) is 12.5. The van der Waals surface area contributed by atoms with Crippen molar-refractivity contribution in [3.05, 3.63) is 29.8 Å². The van der Waals surface area contributed by atoms with Crippen molar-refractivity contribution >= 4 is 45.7 Å². The molecule has 0 radical (unpaired) electrons. The monoisotopic (exact) mass is 390 g/mol. The maximum Gasteiger partial charge on any atom is 0.231 e. The fraction of sp³-hybridized carbons (Fsp3) is 0.444. The standard InChI is InChI=1S/C18H22N4O2S2/c1-4-12(3)25-18-21-20-17(26-18)19-16(24)13-9-15(23)22(10-13)14-7-5-6-11(2)8-14/h5-8,12-13H,4,9-10H2,1-3H3,(H,19,20,24)/t12-,13-/m0/s1. The molecule has 0 bridgehead atoms. The normalized spacial score (nSPS) is 18.2. The number of hydrogen-bond donors (Lipinski definition) is 1. The second-order valence-corrected chi connectivity index (χ2v) is 9.11. The number of carbonyl (C=O) groups is 2. The number of nitrogens with one attached hydrogen (secondary N) is 1. The molecule has 2 heterocycles. The van der Waals surface area contributed by atoms with Gasteiger partial charge in [0.1, 0.15) is 0 Å². The molecule has 0 aliphatic carbocycles. The van der Waals surface area contributed by atoms with Crippen LogP contribution in [-0.4, -0.2) is 33.8 Å². The summed E-state index contributed by atoms with van der Waals surface area (Å²) in [4.78, 5) is 26.5. The third kappa shape index (κ3) is 4.42. The molecule has 2 aromatic rings. The molecule has 1 aliphatic rings. The Bertz CT molecular complexity index is 808. The van der Waals surface area contributed by atoms with Crippen molar-refractivity contribution in [3.8, 4) is 0 Å². The quantitative estimate of drug-likeness (QED) is 0.601. The molecule has 0 saturated carbocycles. The number of carbonyl (C=O) groups excluding carboxylic acids is 2. The Morgan fingerprint density at radius 3 is 3.00 bits per heavy atom. The van der Waals surface area contributed by atoms with Crippen LogP contribution < -0.4 is 10.2 Å². The summed E-state index contributed by atoms with van der Waals surface area (Å²) < 4.78 is 0.846. The molecule has 6 nitrogen and oxygen atoms in total. The Labute approximate surface area is 161 Å². The van der Waals surface area contributed by atoms with Crippen LogP contribution in [0.1, 0.15) is 32.3 Å². The summed E-state index contributed by atoms with van der Waals surface area (Å²) in [7, 11) is 0. The number of rotatable bonds is 6. The van der Waals surface area contributed by atoms with Gasteiger partial charge in [0.2, 0.25) is 16.9 Å². The van der Waals surface area contributed by atoms with Gasteiger partial charge in [0.25, 0.3) is 0 Å². The van der Waals surface area contributed by atoms with E-state index in [9.17, 15) is 9.59 Å². The summed E-state index contributed by atoms with van der Waals surface area (Å²) in [5, 5.41) is 11.9. The van der Waals surface area contributed by atoms with E-state index in [4.69, 9.17) is 0 Å². The van der Waals surface area contributed by atoms with Crippen molar-refractivity contribution < 1.29 is 9.59 Å². The van der Waals surface area contributed by atoms with E-state index in [0.29, 0.717) is 16.9 Å². The Hall–Kier alpha value is -1.93. The second-order valence-electron chi connectivity index (χ2n) is 6.44. The van der Waals surface area contributed by atoms with Crippen LogP contribution in [0.15, 0.2) is 28.6 Å². The Kier molecular flexibility index (Phi) is 5.93. The van der Waals surface area contributed by atoms with Gasteiger partial charge in [0.15, 0.2) is 4.34 Å². The average molecular weight is 391 g/mol. The van der Waals surface area contributed by atoms with Crippen molar-refractivity contribution in [2.45, 2.75) is 43.2 Å². The molecule has 0 unspecified atom stereocenters. The first kappa shape index (κ1) is 18.8. The van der Waals surface area contributed by atoms with E-state index >= 15 is 0 Å². The highest BCUT2D eigenvalue weighted by molar-refractivity contribution is 8.01. The van der Waals surface area contributed by atoms with Crippen molar-refractivity contribution in [2.24, 2.45) is 5.92 Å². The molecule has 1 aromatic carbocycles. The summed E-state index contributed by atoms with van der Waals surface area (Å²) in [6.07, 6.45) is 1.26. The van der Waals surface area contributed by atoms with Crippen LogP contribution in [0.4, 0.5) is 10.8 Å². The average Bonchev–Trinajstić information content (AvgIpc) is 3.21. The number of nitrogens with zero attached hydrogens (tertiary/aromatic N) is 3. The molecule has 2 atom stereocenters. The van der Waals surface area contributed by atoms with E-state index in [1.54, 1.807) is 16.7 Å². The zero-order valence-corrected chi connectivity index (χ0v) is 16.7. The van der Waals surface area contributed by atoms with Gasteiger partial charge in [-0.25, -0.2) is 0 Å². The lowest BCUT2D eigenvalue weighted by Gasteiger charge is -2.17. The van der Waals surface area contributed by atoms with Crippen LogP contribution in [0.2, 0.25) is 0 Å². The molecular weight excluding hydrogens is 368 g/mol. The number of thioether (sulfide) groups is 1. The first-order valence-electron chi connectivity index (χ1n) is 8.64. The number of hydrogen-bond acceptors (Lipinski definition) is 6. The van der Waals surface area contributed by atoms with E-state index in [1.165, 1.54) is 11.3 Å². The van der Waals surface area contributed by atoms with Gasteiger partial charge in [-0.3, -0.25) is 9.59 Å². The molecule has 1 saturated heterocycles. The van der Waals surface area contributed by atoms with Gasteiger partial charge in [0, 0.05) is 23.9 Å². The molecular formula is C18H22N4O2S2. The fourth-order valence-electron chi connectivity index (χ4n) is 2.70. The smallest absolute Gasteiger partial charge is 0.231 e. The Morgan fingerprint density at radius 2 is 2.27 bits per heavy atom. The summed E-state index contributed by atoms with van der Waals surface area (Å²) in [5.41, 5.74) is 1.93. The second kappa shape index (κ2) is 8.18. The molecule has 2 amide bonds. The summed E-state index contributed by atoms with van der Waals surface area (Å²) in [6, 6.07) is 7.76. The summed E-state index contributed by atoms with van der Waals surface area (Å²) in [5.74, 6) is -0.580. The lowest BCUT2D eigenvalue weighted by atomic mass is 10.1. The third-order valence-electron chi connectivity index (χ3n) is 4.32. The maximum atomic E-state index is 12.5. The molecule has 26 heavy (non-hydrogen) atoms. The van der Waals surface area contributed by atoms with Gasteiger partial charge in [-0.1, -0.05) is 49.1 Å². The maximum absolute atomic E-state index is 12.5. The van der Waals surface area contributed by atoms with Gasteiger partial charge >= 0.3 is 0 Å². The lowest BCUT2D eigenvalue weighted by molar-refractivity contribution is -0.122. The Balaban J connectivity index is 1.61. The Morgan fingerprint density at radius 1 is 1.46 bits per heavy atom. The zero-order chi connectivity index (χ0) is 18.7. The van der Waals surface area contributed by atoms with Crippen LogP contribution in [-0.2, 0) is 9.59 Å². The first-order valence-corrected chi connectivity index (χ1v) is 10.3. The predicted octanol–water partition coefficient (Wildman–Crippen LogP) is 3.73. The summed E-state index contributed by atoms with van der Waals surface area (Å²) in [6.45, 7) is 6.63. The van der Waals surface area contributed by atoms with Gasteiger partial charge in [-0.05, 0) is 31.0 Å². The van der Waals surface area contributed by atoms with E-state index in [0.717, 1.165) is 22.0 Å². The number of anilines is 2. The molecule has 0 spiro atoms. The number of amides is 2. The van der Waals surface area contributed by atoms with E-state index < -0.39 is 0 Å². The van der Waals surface area contributed by atoms with Crippen LogP contribution >= 0.6 is 23.1 Å². The molecule has 1 N–H and O–H groups in total. The topological polar surface area (TPSA) is 75.2 Å². The van der Waals surface area contributed by atoms with Crippen LogP contribution in [0.3, 0.4) is 0 Å². The van der Waals surface area contributed by atoms with Crippen LogP contribution in [0.5, 0.6) is 0 Å². The fourth-order valence-corrected chi connectivity index (χ4v) is 4.70. The lowest BCUT2D eigenvalue weighted by Crippen LogP contribution is -2.28. The van der Waals surface area contributed by atoms with E-state index in [-0.39, 0.29) is 24.2 Å². The number of aromatic nitrogens is 2. The van der Waals surface area contributed by atoms with Crippen molar-refractivity contribution in [1.29, 1.82) is 0 Å². The minimum absolute atomic E-state index is 0.0268. The summed E-state index contributed by atoms with van der Waals surface area (Å²) >= 11 is 3.03. The largest absolute Gasteiger partial charge is 0.312 e. The van der Waals surface area contributed by atoms with E-state index in [2.05, 4.69) is 29.4 Å². The van der Waals surface area contributed by atoms with Gasteiger partial charge in [-0.15, -0.1) is 10.2 Å². The van der Waals surface area contributed by atoms with Crippen molar-refractivity contribution in [3.63, 3.8) is 0 Å².